The molecule has 6 nitrogen and oxygen atoms in total. The summed E-state index contributed by atoms with van der Waals surface area (Å²) in [7, 11) is 3.66. The fourth-order valence-electron chi connectivity index (χ4n) is 4.53. The number of para-hydroxylation sites is 1. The topological polar surface area (TPSA) is 57.7 Å². The number of carbonyl (C=O) groups excluding carboxylic acids is 1. The van der Waals surface area contributed by atoms with Crippen molar-refractivity contribution >= 4 is 33.9 Å². The molecular weight excluding hydrogens is 400 g/mol. The number of benzene rings is 2. The Morgan fingerprint density at radius 2 is 2.06 bits per heavy atom. The zero-order valence-corrected chi connectivity index (χ0v) is 19.4. The van der Waals surface area contributed by atoms with E-state index in [2.05, 4.69) is 39.2 Å². The Morgan fingerprint density at radius 3 is 2.84 bits per heavy atom. The first-order valence-electron chi connectivity index (χ1n) is 11.2. The van der Waals surface area contributed by atoms with Gasteiger partial charge in [-0.3, -0.25) is 14.7 Å². The lowest BCUT2D eigenvalue weighted by atomic mass is 10.0. The van der Waals surface area contributed by atoms with Gasteiger partial charge in [0, 0.05) is 30.4 Å². The lowest BCUT2D eigenvalue weighted by molar-refractivity contribution is -0.117. The Kier molecular flexibility index (Phi) is 6.61. The van der Waals surface area contributed by atoms with E-state index < -0.39 is 0 Å². The third-order valence-electron chi connectivity index (χ3n) is 6.14. The zero-order valence-electron chi connectivity index (χ0n) is 19.4. The second-order valence-corrected chi connectivity index (χ2v) is 8.77. The average Bonchev–Trinajstić information content (AvgIpc) is 2.78. The summed E-state index contributed by atoms with van der Waals surface area (Å²) in [4.78, 5) is 21.8. The van der Waals surface area contributed by atoms with Gasteiger partial charge in [0.1, 0.15) is 5.75 Å². The number of fused-ring (bicyclic) bond motifs is 1. The minimum absolute atomic E-state index is 0.0117. The highest BCUT2D eigenvalue weighted by Gasteiger charge is 2.20. The summed E-state index contributed by atoms with van der Waals surface area (Å²) in [6, 6.07) is 16.1. The third-order valence-corrected chi connectivity index (χ3v) is 6.14. The van der Waals surface area contributed by atoms with Crippen molar-refractivity contribution in [2.75, 3.05) is 44.0 Å². The van der Waals surface area contributed by atoms with Gasteiger partial charge in [-0.25, -0.2) is 0 Å². The molecule has 0 radical (unpaired) electrons. The third kappa shape index (κ3) is 4.86. The summed E-state index contributed by atoms with van der Waals surface area (Å²) in [5.41, 5.74) is 4.64. The van der Waals surface area contributed by atoms with Crippen LogP contribution in [0.2, 0.25) is 0 Å². The number of hydrogen-bond donors (Lipinski definition) is 1. The minimum atomic E-state index is -0.0117. The molecule has 2 heterocycles. The molecule has 3 aromatic rings. The van der Waals surface area contributed by atoms with Crippen molar-refractivity contribution in [3.8, 4) is 5.75 Å². The van der Waals surface area contributed by atoms with Crippen molar-refractivity contribution in [2.24, 2.45) is 5.92 Å². The SMILES string of the molecule is COc1ccc(N(C)c2cc(C)nc3ccccc23)cc1NC(=O)CN1CCCC(C)C1. The van der Waals surface area contributed by atoms with Crippen molar-refractivity contribution < 1.29 is 9.53 Å². The lowest BCUT2D eigenvalue weighted by Crippen LogP contribution is -2.39. The molecule has 32 heavy (non-hydrogen) atoms. The van der Waals surface area contributed by atoms with Crippen LogP contribution in [0.1, 0.15) is 25.5 Å². The predicted octanol–water partition coefficient (Wildman–Crippen LogP) is 4.99. The first-order chi connectivity index (χ1) is 15.4. The van der Waals surface area contributed by atoms with Crippen LogP contribution in [-0.4, -0.2) is 49.6 Å². The smallest absolute Gasteiger partial charge is 0.238 e. The number of anilines is 3. The van der Waals surface area contributed by atoms with E-state index in [4.69, 9.17) is 4.74 Å². The van der Waals surface area contributed by atoms with Crippen LogP contribution in [0.5, 0.6) is 5.75 Å². The number of ether oxygens (including phenoxy) is 1. The number of rotatable bonds is 6. The Hall–Kier alpha value is -3.12. The predicted molar refractivity (Wildman–Crippen MR) is 131 cm³/mol. The molecule has 4 rings (SSSR count). The number of pyridine rings is 1. The Labute approximate surface area is 190 Å². The number of piperidine rings is 1. The number of carbonyl (C=O) groups is 1. The molecule has 168 valence electrons. The summed E-state index contributed by atoms with van der Waals surface area (Å²) in [5, 5.41) is 4.16. The van der Waals surface area contributed by atoms with Gasteiger partial charge in [-0.2, -0.15) is 0 Å². The molecule has 1 N–H and O–H groups in total. The summed E-state index contributed by atoms with van der Waals surface area (Å²) in [5.74, 6) is 1.28. The minimum Gasteiger partial charge on any atom is -0.495 e. The number of nitrogens with one attached hydrogen (secondary N) is 1. The number of methoxy groups -OCH3 is 1. The van der Waals surface area contributed by atoms with Gasteiger partial charge in [-0.15, -0.1) is 0 Å². The maximum Gasteiger partial charge on any atom is 0.238 e. The molecule has 1 unspecified atom stereocenters. The van der Waals surface area contributed by atoms with Crippen LogP contribution in [0, 0.1) is 12.8 Å². The molecule has 1 atom stereocenters. The second-order valence-electron chi connectivity index (χ2n) is 8.77. The number of aryl methyl sites for hydroxylation is 1. The fourth-order valence-corrected chi connectivity index (χ4v) is 4.53. The van der Waals surface area contributed by atoms with Gasteiger partial charge in [0.15, 0.2) is 0 Å². The quantitative estimate of drug-likeness (QED) is 0.595. The highest BCUT2D eigenvalue weighted by molar-refractivity contribution is 5.96. The molecule has 0 saturated carbocycles. The Bertz CT molecular complexity index is 1110. The van der Waals surface area contributed by atoms with Crippen LogP contribution in [-0.2, 0) is 4.79 Å². The van der Waals surface area contributed by atoms with Crippen LogP contribution in [0.25, 0.3) is 10.9 Å². The van der Waals surface area contributed by atoms with E-state index in [0.717, 1.165) is 47.5 Å². The average molecular weight is 433 g/mol. The zero-order chi connectivity index (χ0) is 22.7. The first kappa shape index (κ1) is 22.1. The molecule has 1 fully saturated rings. The summed E-state index contributed by atoms with van der Waals surface area (Å²) in [6.45, 7) is 6.61. The Balaban J connectivity index is 1.59. The molecule has 1 saturated heterocycles. The van der Waals surface area contributed by atoms with Gasteiger partial charge in [-0.05, 0) is 62.6 Å². The monoisotopic (exact) mass is 432 g/mol. The lowest BCUT2D eigenvalue weighted by Gasteiger charge is -2.30. The normalized spacial score (nSPS) is 16.7. The molecule has 2 aromatic carbocycles. The number of aromatic nitrogens is 1. The number of amides is 1. The van der Waals surface area contributed by atoms with Gasteiger partial charge >= 0.3 is 0 Å². The van der Waals surface area contributed by atoms with E-state index in [1.807, 2.05) is 50.4 Å². The van der Waals surface area contributed by atoms with Crippen LogP contribution in [0.3, 0.4) is 0 Å². The largest absolute Gasteiger partial charge is 0.495 e. The molecule has 1 aliphatic rings. The van der Waals surface area contributed by atoms with E-state index in [1.165, 1.54) is 6.42 Å². The Morgan fingerprint density at radius 1 is 1.25 bits per heavy atom. The highest BCUT2D eigenvalue weighted by atomic mass is 16.5. The summed E-state index contributed by atoms with van der Waals surface area (Å²) < 4.78 is 5.53. The molecule has 0 aliphatic carbocycles. The van der Waals surface area contributed by atoms with Crippen molar-refractivity contribution in [2.45, 2.75) is 26.7 Å². The van der Waals surface area contributed by atoms with Crippen molar-refractivity contribution in [1.29, 1.82) is 0 Å². The van der Waals surface area contributed by atoms with Crippen LogP contribution in [0.15, 0.2) is 48.5 Å². The molecule has 0 spiro atoms. The summed E-state index contributed by atoms with van der Waals surface area (Å²) >= 11 is 0. The maximum atomic E-state index is 12.8. The molecule has 0 bridgehead atoms. The standard InChI is InChI=1S/C26H32N4O2/c1-18-8-7-13-30(16-18)17-26(31)28-23-15-20(11-12-25(23)32-4)29(3)24-14-19(2)27-22-10-6-5-9-21(22)24/h5-6,9-12,14-15,18H,7-8,13,16-17H2,1-4H3,(H,28,31). The maximum absolute atomic E-state index is 12.8. The molecule has 1 amide bonds. The number of hydrogen-bond acceptors (Lipinski definition) is 5. The van der Waals surface area contributed by atoms with Crippen molar-refractivity contribution in [3.63, 3.8) is 0 Å². The summed E-state index contributed by atoms with van der Waals surface area (Å²) in [6.07, 6.45) is 2.39. The van der Waals surface area contributed by atoms with Crippen LogP contribution >= 0.6 is 0 Å². The van der Waals surface area contributed by atoms with Gasteiger partial charge in [-0.1, -0.05) is 25.1 Å². The van der Waals surface area contributed by atoms with Gasteiger partial charge in [0.25, 0.3) is 0 Å². The van der Waals surface area contributed by atoms with Crippen LogP contribution < -0.4 is 15.0 Å². The fraction of sp³-hybridized carbons (Fsp3) is 0.385. The highest BCUT2D eigenvalue weighted by Crippen LogP contribution is 2.35. The van der Waals surface area contributed by atoms with Gasteiger partial charge in [0.05, 0.1) is 30.5 Å². The van der Waals surface area contributed by atoms with E-state index in [9.17, 15) is 4.79 Å². The molecule has 1 aromatic heterocycles. The molecule has 6 heteroatoms. The number of nitrogens with zero attached hydrogens (tertiary/aromatic N) is 3. The van der Waals surface area contributed by atoms with Crippen LogP contribution in [0.4, 0.5) is 17.1 Å². The molecular formula is C26H32N4O2. The van der Waals surface area contributed by atoms with E-state index in [0.29, 0.717) is 23.9 Å². The van der Waals surface area contributed by atoms with Gasteiger partial charge < -0.3 is 15.0 Å². The van der Waals surface area contributed by atoms with E-state index in [1.54, 1.807) is 7.11 Å². The number of likely N-dealkylation sites (tertiary alicyclic amines) is 1. The van der Waals surface area contributed by atoms with E-state index in [-0.39, 0.29) is 5.91 Å². The molecule has 1 aliphatic heterocycles. The first-order valence-corrected chi connectivity index (χ1v) is 11.2. The van der Waals surface area contributed by atoms with Crippen molar-refractivity contribution in [1.82, 2.24) is 9.88 Å². The van der Waals surface area contributed by atoms with E-state index >= 15 is 0 Å². The second kappa shape index (κ2) is 9.57. The van der Waals surface area contributed by atoms with Crippen molar-refractivity contribution in [3.05, 3.63) is 54.2 Å². The van der Waals surface area contributed by atoms with Gasteiger partial charge in [0.2, 0.25) is 5.91 Å².